The molecule has 2 aromatic rings. The van der Waals surface area contributed by atoms with E-state index in [1.807, 2.05) is 0 Å². The molecule has 0 atom stereocenters. The van der Waals surface area contributed by atoms with Crippen molar-refractivity contribution in [1.29, 1.82) is 0 Å². The fourth-order valence-corrected chi connectivity index (χ4v) is 2.47. The topological polar surface area (TPSA) is 85.3 Å². The third kappa shape index (κ3) is 3.21. The van der Waals surface area contributed by atoms with Crippen molar-refractivity contribution in [3.05, 3.63) is 53.3 Å². The van der Waals surface area contributed by atoms with E-state index in [0.29, 0.717) is 5.76 Å². The molecule has 1 aromatic heterocycles. The van der Waals surface area contributed by atoms with Gasteiger partial charge < -0.3 is 10.2 Å². The molecule has 0 saturated carbocycles. The van der Waals surface area contributed by atoms with Crippen molar-refractivity contribution in [3.8, 4) is 0 Å². The van der Waals surface area contributed by atoms with Gasteiger partial charge in [-0.05, 0) is 29.8 Å². The van der Waals surface area contributed by atoms with Gasteiger partial charge >= 0.3 is 0 Å². The van der Waals surface area contributed by atoms with Crippen molar-refractivity contribution in [3.63, 3.8) is 0 Å². The van der Waals surface area contributed by atoms with Crippen LogP contribution in [0.4, 0.5) is 8.78 Å². The van der Waals surface area contributed by atoms with Crippen LogP contribution in [0.15, 0.2) is 39.8 Å². The second-order valence-electron chi connectivity index (χ2n) is 4.00. The van der Waals surface area contributed by atoms with Gasteiger partial charge in [-0.25, -0.2) is 21.9 Å². The maximum absolute atomic E-state index is 13.0. The molecule has 0 unspecified atom stereocenters. The van der Waals surface area contributed by atoms with Crippen molar-refractivity contribution in [2.45, 2.75) is 18.2 Å². The summed E-state index contributed by atoms with van der Waals surface area (Å²) < 4.78 is 56.7. The number of halogens is 2. The molecular formula is C12H12F2N2O3S. The van der Waals surface area contributed by atoms with Crippen LogP contribution in [0.2, 0.25) is 0 Å². The summed E-state index contributed by atoms with van der Waals surface area (Å²) in [4.78, 5) is 0. The zero-order chi connectivity index (χ0) is 14.8. The number of hydrogen-bond acceptors (Lipinski definition) is 4. The average Bonchev–Trinajstić information content (AvgIpc) is 2.90. The lowest BCUT2D eigenvalue weighted by Crippen LogP contribution is -2.22. The highest BCUT2D eigenvalue weighted by atomic mass is 32.2. The second-order valence-corrected chi connectivity index (χ2v) is 5.70. The van der Waals surface area contributed by atoms with E-state index in [0.717, 1.165) is 12.1 Å². The lowest BCUT2D eigenvalue weighted by molar-refractivity contribution is 0.412. The van der Waals surface area contributed by atoms with E-state index in [4.69, 9.17) is 10.2 Å². The minimum absolute atomic E-state index is 0.0820. The Morgan fingerprint density at radius 2 is 1.90 bits per heavy atom. The number of furan rings is 1. The summed E-state index contributed by atoms with van der Waals surface area (Å²) in [6, 6.07) is 5.86. The van der Waals surface area contributed by atoms with Crippen molar-refractivity contribution < 1.29 is 21.6 Å². The molecule has 20 heavy (non-hydrogen) atoms. The zero-order valence-electron chi connectivity index (χ0n) is 10.3. The quantitative estimate of drug-likeness (QED) is 0.876. The van der Waals surface area contributed by atoms with Crippen molar-refractivity contribution in [2.75, 3.05) is 0 Å². The van der Waals surface area contributed by atoms with E-state index in [1.54, 1.807) is 0 Å². The predicted molar refractivity (Wildman–Crippen MR) is 67.0 cm³/mol. The summed E-state index contributed by atoms with van der Waals surface area (Å²) in [6.07, 6.45) is 0. The van der Waals surface area contributed by atoms with Crippen LogP contribution in [0.1, 0.15) is 11.3 Å². The molecule has 0 aliphatic carbocycles. The fraction of sp³-hybridized carbons (Fsp3) is 0.167. The average molecular weight is 302 g/mol. The van der Waals surface area contributed by atoms with Gasteiger partial charge in [-0.3, -0.25) is 0 Å². The molecule has 0 spiro atoms. The Kier molecular flexibility index (Phi) is 4.17. The molecule has 0 bridgehead atoms. The molecule has 1 aromatic carbocycles. The smallest absolute Gasteiger partial charge is 0.274 e. The molecule has 3 N–H and O–H groups in total. The Balaban J connectivity index is 2.10. The molecule has 0 aliphatic heterocycles. The Hall–Kier alpha value is -1.77. The van der Waals surface area contributed by atoms with Crippen molar-refractivity contribution >= 4 is 10.0 Å². The first-order valence-corrected chi connectivity index (χ1v) is 7.13. The highest BCUT2D eigenvalue weighted by molar-refractivity contribution is 7.89. The lowest BCUT2D eigenvalue weighted by Gasteiger charge is -2.05. The number of nitrogens with two attached hydrogens (primary N) is 1. The molecule has 0 fully saturated rings. The van der Waals surface area contributed by atoms with Crippen LogP contribution in [-0.2, 0) is 23.1 Å². The first kappa shape index (κ1) is 14.6. The molecule has 8 heteroatoms. The zero-order valence-corrected chi connectivity index (χ0v) is 11.1. The van der Waals surface area contributed by atoms with Gasteiger partial charge in [-0.15, -0.1) is 0 Å². The standard InChI is InChI=1S/C12H12F2N2O3S/c13-10-3-1-8(5-11(10)14)7-16-20(17,18)12-4-2-9(6-15)19-12/h1-5,16H,6-7,15H2. The Morgan fingerprint density at radius 1 is 1.15 bits per heavy atom. The van der Waals surface area contributed by atoms with Gasteiger partial charge in [-0.1, -0.05) is 6.07 Å². The number of benzene rings is 1. The first-order chi connectivity index (χ1) is 9.42. The molecule has 0 amide bonds. The van der Waals surface area contributed by atoms with Gasteiger partial charge in [0.1, 0.15) is 5.76 Å². The van der Waals surface area contributed by atoms with E-state index in [2.05, 4.69) is 4.72 Å². The Morgan fingerprint density at radius 3 is 2.50 bits per heavy atom. The first-order valence-electron chi connectivity index (χ1n) is 5.65. The minimum Gasteiger partial charge on any atom is -0.447 e. The monoisotopic (exact) mass is 302 g/mol. The molecule has 0 saturated heterocycles. The molecule has 0 aliphatic rings. The Labute approximate surface area is 114 Å². The number of rotatable bonds is 5. The molecule has 108 valence electrons. The van der Waals surface area contributed by atoms with Crippen LogP contribution in [0, 0.1) is 11.6 Å². The summed E-state index contributed by atoms with van der Waals surface area (Å²) in [5, 5.41) is -0.277. The number of nitrogens with one attached hydrogen (secondary N) is 1. The second kappa shape index (κ2) is 5.70. The largest absolute Gasteiger partial charge is 0.447 e. The highest BCUT2D eigenvalue weighted by Gasteiger charge is 2.18. The molecule has 0 radical (unpaired) electrons. The summed E-state index contributed by atoms with van der Waals surface area (Å²) in [6.45, 7) is -0.100. The van der Waals surface area contributed by atoms with E-state index in [1.165, 1.54) is 18.2 Å². The maximum Gasteiger partial charge on any atom is 0.274 e. The van der Waals surface area contributed by atoms with Gasteiger partial charge in [0.2, 0.25) is 5.09 Å². The van der Waals surface area contributed by atoms with Crippen LogP contribution in [-0.4, -0.2) is 8.42 Å². The SMILES string of the molecule is NCc1ccc(S(=O)(=O)NCc2ccc(F)c(F)c2)o1. The summed E-state index contributed by atoms with van der Waals surface area (Å²) in [5.41, 5.74) is 5.61. The molecule has 1 heterocycles. The third-order valence-electron chi connectivity index (χ3n) is 2.55. The van der Waals surface area contributed by atoms with Crippen LogP contribution < -0.4 is 10.5 Å². The molecule has 5 nitrogen and oxygen atoms in total. The highest BCUT2D eigenvalue weighted by Crippen LogP contribution is 2.14. The minimum atomic E-state index is -3.86. The van der Waals surface area contributed by atoms with Crippen molar-refractivity contribution in [2.24, 2.45) is 5.73 Å². The van der Waals surface area contributed by atoms with Crippen LogP contribution >= 0.6 is 0 Å². The fourth-order valence-electron chi connectivity index (χ4n) is 1.51. The summed E-state index contributed by atoms with van der Waals surface area (Å²) in [5.74, 6) is -1.70. The molecule has 2 rings (SSSR count). The van der Waals surface area contributed by atoms with Crippen LogP contribution in [0.5, 0.6) is 0 Å². The maximum atomic E-state index is 13.0. The van der Waals surface area contributed by atoms with Gasteiger partial charge in [0, 0.05) is 6.54 Å². The lowest BCUT2D eigenvalue weighted by atomic mass is 10.2. The van der Waals surface area contributed by atoms with E-state index in [9.17, 15) is 17.2 Å². The van der Waals surface area contributed by atoms with Crippen molar-refractivity contribution in [1.82, 2.24) is 4.72 Å². The van der Waals surface area contributed by atoms with Gasteiger partial charge in [0.15, 0.2) is 11.6 Å². The predicted octanol–water partition coefficient (Wildman–Crippen LogP) is 1.49. The number of sulfonamides is 1. The normalized spacial score (nSPS) is 11.8. The van der Waals surface area contributed by atoms with Gasteiger partial charge in [0.05, 0.1) is 6.54 Å². The van der Waals surface area contributed by atoms with E-state index >= 15 is 0 Å². The van der Waals surface area contributed by atoms with E-state index in [-0.39, 0.29) is 23.7 Å². The molecular weight excluding hydrogens is 290 g/mol. The third-order valence-corrected chi connectivity index (χ3v) is 3.83. The summed E-state index contributed by atoms with van der Waals surface area (Å²) in [7, 11) is -3.86. The van der Waals surface area contributed by atoms with Crippen LogP contribution in [0.3, 0.4) is 0 Å². The van der Waals surface area contributed by atoms with Crippen LogP contribution in [0.25, 0.3) is 0 Å². The Bertz CT molecular complexity index is 713. The van der Waals surface area contributed by atoms with Gasteiger partial charge in [0.25, 0.3) is 10.0 Å². The summed E-state index contributed by atoms with van der Waals surface area (Å²) >= 11 is 0. The van der Waals surface area contributed by atoms with Gasteiger partial charge in [-0.2, -0.15) is 0 Å². The number of hydrogen-bond donors (Lipinski definition) is 2. The van der Waals surface area contributed by atoms with E-state index < -0.39 is 21.7 Å².